The molecule has 2 aromatic carbocycles. The van der Waals surface area contributed by atoms with E-state index in [9.17, 15) is 22.8 Å². The number of carbonyl (C=O) groups is 2. The topological polar surface area (TPSA) is 58.2 Å². The van der Waals surface area contributed by atoms with Gasteiger partial charge in [0.2, 0.25) is 11.8 Å². The molecule has 0 heterocycles. The summed E-state index contributed by atoms with van der Waals surface area (Å²) in [4.78, 5) is 23.5. The average Bonchev–Trinajstić information content (AvgIpc) is 3.32. The Bertz CT molecular complexity index is 854. The first-order chi connectivity index (χ1) is 11.8. The second-order valence-corrected chi connectivity index (χ2v) is 5.99. The van der Waals surface area contributed by atoms with Crippen LogP contribution >= 0.6 is 0 Å². The highest BCUT2D eigenvalue weighted by molar-refractivity contribution is 6.01. The second kappa shape index (κ2) is 6.58. The van der Waals surface area contributed by atoms with Crippen LogP contribution in [-0.2, 0) is 9.59 Å². The first-order valence-electron chi connectivity index (χ1n) is 7.68. The summed E-state index contributed by atoms with van der Waals surface area (Å²) >= 11 is 0. The fourth-order valence-corrected chi connectivity index (χ4v) is 2.76. The van der Waals surface area contributed by atoms with Gasteiger partial charge in [0.15, 0.2) is 11.6 Å². The minimum Gasteiger partial charge on any atom is -0.324 e. The molecule has 1 fully saturated rings. The molecule has 130 valence electrons. The molecule has 2 atom stereocenters. The van der Waals surface area contributed by atoms with E-state index < -0.39 is 23.4 Å². The van der Waals surface area contributed by atoms with E-state index in [1.807, 2.05) is 0 Å². The summed E-state index contributed by atoms with van der Waals surface area (Å²) in [5.41, 5.74) is 0.666. The molecule has 0 spiro atoms. The van der Waals surface area contributed by atoms with Crippen LogP contribution in [0.2, 0.25) is 0 Å². The number of halogens is 3. The molecule has 0 aliphatic heterocycles. The Labute approximate surface area is 142 Å². The first kappa shape index (κ1) is 17.0. The third kappa shape index (κ3) is 3.81. The number of amides is 2. The van der Waals surface area contributed by atoms with E-state index in [0.29, 0.717) is 12.0 Å². The van der Waals surface area contributed by atoms with Gasteiger partial charge in [-0.3, -0.25) is 9.59 Å². The zero-order valence-corrected chi connectivity index (χ0v) is 13.3. The van der Waals surface area contributed by atoms with E-state index >= 15 is 0 Å². The van der Waals surface area contributed by atoms with Crippen molar-refractivity contribution in [2.75, 3.05) is 10.6 Å². The van der Waals surface area contributed by atoms with Crippen molar-refractivity contribution in [3.05, 3.63) is 59.4 Å². The predicted molar refractivity (Wildman–Crippen MR) is 86.5 cm³/mol. The molecule has 0 saturated heterocycles. The van der Waals surface area contributed by atoms with Crippen LogP contribution in [0, 0.1) is 23.4 Å². The molecule has 2 N–H and O–H groups in total. The molecule has 2 amide bonds. The van der Waals surface area contributed by atoms with Gasteiger partial charge in [0.25, 0.3) is 0 Å². The van der Waals surface area contributed by atoms with E-state index in [1.54, 1.807) is 12.1 Å². The monoisotopic (exact) mass is 348 g/mol. The third-order valence-corrected chi connectivity index (χ3v) is 4.03. The van der Waals surface area contributed by atoms with Crippen LogP contribution in [0.3, 0.4) is 0 Å². The highest BCUT2D eigenvalue weighted by atomic mass is 19.2. The third-order valence-electron chi connectivity index (χ3n) is 4.03. The number of hydrogen-bond donors (Lipinski definition) is 2. The van der Waals surface area contributed by atoms with E-state index in [4.69, 9.17) is 0 Å². The lowest BCUT2D eigenvalue weighted by Gasteiger charge is -2.12. The normalized spacial score (nSPS) is 18.6. The number of anilines is 2. The summed E-state index contributed by atoms with van der Waals surface area (Å²) in [5, 5.41) is 4.85. The first-order valence-corrected chi connectivity index (χ1v) is 7.68. The van der Waals surface area contributed by atoms with Gasteiger partial charge in [0, 0.05) is 25.0 Å². The number of carbonyl (C=O) groups excluding carboxylic acids is 2. The van der Waals surface area contributed by atoms with Crippen LogP contribution < -0.4 is 10.6 Å². The molecule has 0 unspecified atom stereocenters. The molecule has 25 heavy (non-hydrogen) atoms. The molecule has 4 nitrogen and oxygen atoms in total. The van der Waals surface area contributed by atoms with Gasteiger partial charge in [-0.25, -0.2) is 13.2 Å². The fraction of sp³-hybridized carbons (Fsp3) is 0.222. The van der Waals surface area contributed by atoms with Crippen LogP contribution in [0.1, 0.15) is 24.8 Å². The van der Waals surface area contributed by atoms with Gasteiger partial charge in [-0.05, 0) is 30.0 Å². The van der Waals surface area contributed by atoms with Gasteiger partial charge in [-0.2, -0.15) is 0 Å². The SMILES string of the molecule is CC(=O)Nc1cc(F)c(F)cc1NC(=O)[C@H]1C[C@H]1c1cccc(F)c1. The summed E-state index contributed by atoms with van der Waals surface area (Å²) < 4.78 is 40.1. The van der Waals surface area contributed by atoms with Gasteiger partial charge in [-0.1, -0.05) is 12.1 Å². The highest BCUT2D eigenvalue weighted by Crippen LogP contribution is 2.48. The molecule has 3 rings (SSSR count). The van der Waals surface area contributed by atoms with Gasteiger partial charge < -0.3 is 10.6 Å². The maximum atomic E-state index is 13.5. The van der Waals surface area contributed by atoms with Crippen LogP contribution in [0.25, 0.3) is 0 Å². The number of rotatable bonds is 4. The maximum absolute atomic E-state index is 13.5. The number of hydrogen-bond acceptors (Lipinski definition) is 2. The summed E-state index contributed by atoms with van der Waals surface area (Å²) in [5.74, 6) is -4.03. The van der Waals surface area contributed by atoms with Crippen LogP contribution in [-0.4, -0.2) is 11.8 Å². The van der Waals surface area contributed by atoms with E-state index in [-0.39, 0.29) is 29.0 Å². The standard InChI is InChI=1S/C18H15F3N2O2/c1-9(24)22-16-7-14(20)15(21)8-17(16)23-18(25)13-6-12(13)10-3-2-4-11(19)5-10/h2-5,7-8,12-13H,6H2,1H3,(H,22,24)(H,23,25)/t12-,13-/m0/s1. The van der Waals surface area contributed by atoms with Gasteiger partial charge in [-0.15, -0.1) is 0 Å². The van der Waals surface area contributed by atoms with E-state index in [0.717, 1.165) is 12.1 Å². The molecule has 1 aliphatic carbocycles. The Hall–Kier alpha value is -2.83. The molecule has 0 radical (unpaired) electrons. The average molecular weight is 348 g/mol. The Morgan fingerprint density at radius 2 is 1.64 bits per heavy atom. The Morgan fingerprint density at radius 3 is 2.24 bits per heavy atom. The molecule has 7 heteroatoms. The molecule has 1 saturated carbocycles. The van der Waals surface area contributed by atoms with Gasteiger partial charge in [0.1, 0.15) is 5.82 Å². The minimum atomic E-state index is -1.14. The largest absolute Gasteiger partial charge is 0.324 e. The predicted octanol–water partition coefficient (Wildman–Crippen LogP) is 3.80. The fourth-order valence-electron chi connectivity index (χ4n) is 2.76. The van der Waals surface area contributed by atoms with E-state index in [1.165, 1.54) is 19.1 Å². The second-order valence-electron chi connectivity index (χ2n) is 5.99. The van der Waals surface area contributed by atoms with Crippen LogP contribution in [0.4, 0.5) is 24.5 Å². The highest BCUT2D eigenvalue weighted by Gasteiger charge is 2.44. The van der Waals surface area contributed by atoms with Crippen molar-refractivity contribution in [2.24, 2.45) is 5.92 Å². The van der Waals surface area contributed by atoms with Crippen molar-refractivity contribution in [1.82, 2.24) is 0 Å². The molecule has 1 aliphatic rings. The lowest BCUT2D eigenvalue weighted by molar-refractivity contribution is -0.117. The van der Waals surface area contributed by atoms with E-state index in [2.05, 4.69) is 10.6 Å². The summed E-state index contributed by atoms with van der Waals surface area (Å²) in [6.45, 7) is 1.22. The van der Waals surface area contributed by atoms with Crippen molar-refractivity contribution < 1.29 is 22.8 Å². The zero-order chi connectivity index (χ0) is 18.1. The number of nitrogens with one attached hydrogen (secondary N) is 2. The van der Waals surface area contributed by atoms with Crippen molar-refractivity contribution in [3.63, 3.8) is 0 Å². The quantitative estimate of drug-likeness (QED) is 0.883. The Morgan fingerprint density at radius 1 is 1.00 bits per heavy atom. The lowest BCUT2D eigenvalue weighted by Crippen LogP contribution is -2.17. The Kier molecular flexibility index (Phi) is 4.48. The maximum Gasteiger partial charge on any atom is 0.228 e. The Balaban J connectivity index is 1.75. The molecule has 0 aromatic heterocycles. The van der Waals surface area contributed by atoms with Gasteiger partial charge in [0.05, 0.1) is 11.4 Å². The van der Waals surface area contributed by atoms with Crippen molar-refractivity contribution >= 4 is 23.2 Å². The molecular weight excluding hydrogens is 333 g/mol. The van der Waals surface area contributed by atoms with Crippen LogP contribution in [0.15, 0.2) is 36.4 Å². The lowest BCUT2D eigenvalue weighted by atomic mass is 10.1. The smallest absolute Gasteiger partial charge is 0.228 e. The summed E-state index contributed by atoms with van der Waals surface area (Å²) in [6.07, 6.45) is 0.536. The molecular formula is C18H15F3N2O2. The van der Waals surface area contributed by atoms with Crippen molar-refractivity contribution in [2.45, 2.75) is 19.3 Å². The summed E-state index contributed by atoms with van der Waals surface area (Å²) in [6, 6.07) is 7.63. The molecule has 0 bridgehead atoms. The van der Waals surface area contributed by atoms with Crippen molar-refractivity contribution in [3.8, 4) is 0 Å². The van der Waals surface area contributed by atoms with Crippen molar-refractivity contribution in [1.29, 1.82) is 0 Å². The summed E-state index contributed by atoms with van der Waals surface area (Å²) in [7, 11) is 0. The van der Waals surface area contributed by atoms with Gasteiger partial charge >= 0.3 is 0 Å². The zero-order valence-electron chi connectivity index (χ0n) is 13.3. The minimum absolute atomic E-state index is 0.0241. The molecule has 2 aromatic rings. The number of benzene rings is 2. The van der Waals surface area contributed by atoms with Crippen LogP contribution in [0.5, 0.6) is 0 Å².